The van der Waals surface area contributed by atoms with Gasteiger partial charge in [-0.3, -0.25) is 0 Å². The first-order valence-corrected chi connectivity index (χ1v) is 7.77. The standard InChI is InChI=1S/C18H20FN3O/c1-11-10-17(15-6-4-8-16(19)18(15)21-11)20-9-5-7-14-12(2)22-23-13(14)3/h4,6,8,10H,5,7,9H2,1-3H3,(H,20,21). The molecule has 0 radical (unpaired) electrons. The zero-order valence-corrected chi connectivity index (χ0v) is 13.6. The van der Waals surface area contributed by atoms with Crippen molar-refractivity contribution in [2.75, 3.05) is 11.9 Å². The number of halogens is 1. The van der Waals surface area contributed by atoms with Crippen molar-refractivity contribution in [3.8, 4) is 0 Å². The lowest BCUT2D eigenvalue weighted by Crippen LogP contribution is -2.05. The highest BCUT2D eigenvalue weighted by atomic mass is 19.1. The minimum absolute atomic E-state index is 0.287. The van der Waals surface area contributed by atoms with E-state index in [1.807, 2.05) is 32.9 Å². The van der Waals surface area contributed by atoms with Crippen molar-refractivity contribution in [2.45, 2.75) is 33.6 Å². The fourth-order valence-corrected chi connectivity index (χ4v) is 2.83. The fourth-order valence-electron chi connectivity index (χ4n) is 2.83. The van der Waals surface area contributed by atoms with Gasteiger partial charge in [-0.1, -0.05) is 17.3 Å². The van der Waals surface area contributed by atoms with E-state index in [0.29, 0.717) is 5.52 Å². The van der Waals surface area contributed by atoms with Crippen LogP contribution < -0.4 is 5.32 Å². The Labute approximate surface area is 134 Å². The summed E-state index contributed by atoms with van der Waals surface area (Å²) in [5.74, 6) is 0.597. The second kappa shape index (κ2) is 6.36. The maximum absolute atomic E-state index is 13.9. The average molecular weight is 313 g/mol. The third-order valence-corrected chi connectivity index (χ3v) is 4.02. The van der Waals surface area contributed by atoms with E-state index in [1.165, 1.54) is 11.6 Å². The average Bonchev–Trinajstić information content (AvgIpc) is 2.84. The van der Waals surface area contributed by atoms with Gasteiger partial charge in [0.15, 0.2) is 0 Å². The number of nitrogens with zero attached hydrogens (tertiary/aromatic N) is 2. The number of aromatic nitrogens is 2. The number of aryl methyl sites for hydroxylation is 3. The fraction of sp³-hybridized carbons (Fsp3) is 0.333. The summed E-state index contributed by atoms with van der Waals surface area (Å²) in [5.41, 5.74) is 4.27. The molecule has 5 heteroatoms. The summed E-state index contributed by atoms with van der Waals surface area (Å²) in [6, 6.07) is 7.00. The molecule has 0 saturated heterocycles. The van der Waals surface area contributed by atoms with Crippen LogP contribution in [0.5, 0.6) is 0 Å². The summed E-state index contributed by atoms with van der Waals surface area (Å²) in [4.78, 5) is 4.29. The number of rotatable bonds is 5. The molecule has 23 heavy (non-hydrogen) atoms. The summed E-state index contributed by atoms with van der Waals surface area (Å²) in [6.07, 6.45) is 1.85. The molecule has 0 amide bonds. The number of hydrogen-bond donors (Lipinski definition) is 1. The largest absolute Gasteiger partial charge is 0.384 e. The molecule has 0 aliphatic carbocycles. The second-order valence-corrected chi connectivity index (χ2v) is 5.78. The van der Waals surface area contributed by atoms with E-state index in [9.17, 15) is 4.39 Å². The van der Waals surface area contributed by atoms with Crippen molar-refractivity contribution in [1.29, 1.82) is 0 Å². The van der Waals surface area contributed by atoms with Crippen LogP contribution in [0, 0.1) is 26.6 Å². The molecular formula is C18H20FN3O. The van der Waals surface area contributed by atoms with Gasteiger partial charge in [-0.15, -0.1) is 0 Å². The zero-order chi connectivity index (χ0) is 16.4. The third-order valence-electron chi connectivity index (χ3n) is 4.02. The molecule has 120 valence electrons. The van der Waals surface area contributed by atoms with Crippen molar-refractivity contribution < 1.29 is 8.91 Å². The van der Waals surface area contributed by atoms with Crippen LogP contribution in [0.25, 0.3) is 10.9 Å². The van der Waals surface area contributed by atoms with Gasteiger partial charge in [0, 0.05) is 28.9 Å². The zero-order valence-electron chi connectivity index (χ0n) is 13.6. The molecule has 4 nitrogen and oxygen atoms in total. The SMILES string of the molecule is Cc1cc(NCCCc2c(C)noc2C)c2cccc(F)c2n1. The summed E-state index contributed by atoms with van der Waals surface area (Å²) < 4.78 is 19.1. The van der Waals surface area contributed by atoms with Crippen LogP contribution in [0.4, 0.5) is 10.1 Å². The highest BCUT2D eigenvalue weighted by Gasteiger charge is 2.10. The topological polar surface area (TPSA) is 51.0 Å². The summed E-state index contributed by atoms with van der Waals surface area (Å²) >= 11 is 0. The molecule has 3 rings (SSSR count). The lowest BCUT2D eigenvalue weighted by molar-refractivity contribution is 0.392. The van der Waals surface area contributed by atoms with Gasteiger partial charge >= 0.3 is 0 Å². The van der Waals surface area contributed by atoms with Crippen LogP contribution in [-0.4, -0.2) is 16.7 Å². The molecule has 1 N–H and O–H groups in total. The molecule has 0 aliphatic heterocycles. The monoisotopic (exact) mass is 313 g/mol. The molecule has 0 unspecified atom stereocenters. The Morgan fingerprint density at radius 2 is 2.04 bits per heavy atom. The van der Waals surface area contributed by atoms with Crippen LogP contribution in [0.3, 0.4) is 0 Å². The van der Waals surface area contributed by atoms with E-state index in [-0.39, 0.29) is 5.82 Å². The lowest BCUT2D eigenvalue weighted by Gasteiger charge is -2.11. The molecule has 1 aromatic carbocycles. The predicted molar refractivity (Wildman–Crippen MR) is 89.2 cm³/mol. The van der Waals surface area contributed by atoms with Crippen LogP contribution in [-0.2, 0) is 6.42 Å². The van der Waals surface area contributed by atoms with Gasteiger partial charge in [0.05, 0.1) is 5.69 Å². The Morgan fingerprint density at radius 3 is 2.78 bits per heavy atom. The van der Waals surface area contributed by atoms with Gasteiger partial charge in [0.1, 0.15) is 17.1 Å². The molecule has 2 heterocycles. The molecule has 0 bridgehead atoms. The molecular weight excluding hydrogens is 293 g/mol. The minimum Gasteiger partial charge on any atom is -0.384 e. The number of pyridine rings is 1. The first-order chi connectivity index (χ1) is 11.1. The summed E-state index contributed by atoms with van der Waals surface area (Å²) in [6.45, 7) is 6.56. The Morgan fingerprint density at radius 1 is 1.22 bits per heavy atom. The van der Waals surface area contributed by atoms with E-state index >= 15 is 0 Å². The maximum Gasteiger partial charge on any atom is 0.149 e. The number of fused-ring (bicyclic) bond motifs is 1. The molecule has 0 fully saturated rings. The summed E-state index contributed by atoms with van der Waals surface area (Å²) in [5, 5.41) is 8.18. The van der Waals surface area contributed by atoms with E-state index in [1.54, 1.807) is 6.07 Å². The predicted octanol–water partition coefficient (Wildman–Crippen LogP) is 4.33. The second-order valence-electron chi connectivity index (χ2n) is 5.78. The Hall–Kier alpha value is -2.43. The van der Waals surface area contributed by atoms with Gasteiger partial charge in [-0.25, -0.2) is 9.37 Å². The third kappa shape index (κ3) is 3.18. The van der Waals surface area contributed by atoms with E-state index in [4.69, 9.17) is 4.52 Å². The van der Waals surface area contributed by atoms with Crippen molar-refractivity contribution in [1.82, 2.24) is 10.1 Å². The molecule has 0 saturated carbocycles. The highest BCUT2D eigenvalue weighted by molar-refractivity contribution is 5.91. The van der Waals surface area contributed by atoms with E-state index in [0.717, 1.165) is 47.6 Å². The number of para-hydroxylation sites is 1. The molecule has 2 aromatic heterocycles. The minimum atomic E-state index is -0.287. The number of anilines is 1. The van der Waals surface area contributed by atoms with Crippen LogP contribution >= 0.6 is 0 Å². The molecule has 0 atom stereocenters. The first-order valence-electron chi connectivity index (χ1n) is 7.77. The number of nitrogens with one attached hydrogen (secondary N) is 1. The Balaban J connectivity index is 1.71. The van der Waals surface area contributed by atoms with Gasteiger partial charge in [0.25, 0.3) is 0 Å². The quantitative estimate of drug-likeness (QED) is 0.712. The lowest BCUT2D eigenvalue weighted by atomic mass is 10.1. The normalized spacial score (nSPS) is 11.1. The summed E-state index contributed by atoms with van der Waals surface area (Å²) in [7, 11) is 0. The first kappa shape index (κ1) is 15.5. The van der Waals surface area contributed by atoms with Gasteiger partial charge < -0.3 is 9.84 Å². The van der Waals surface area contributed by atoms with Crippen LogP contribution in [0.2, 0.25) is 0 Å². The van der Waals surface area contributed by atoms with E-state index < -0.39 is 0 Å². The molecule has 3 aromatic rings. The van der Waals surface area contributed by atoms with Crippen molar-refractivity contribution >= 4 is 16.6 Å². The van der Waals surface area contributed by atoms with Gasteiger partial charge in [0.2, 0.25) is 0 Å². The number of hydrogen-bond acceptors (Lipinski definition) is 4. The van der Waals surface area contributed by atoms with E-state index in [2.05, 4.69) is 15.5 Å². The van der Waals surface area contributed by atoms with Gasteiger partial charge in [-0.05, 0) is 45.7 Å². The Bertz CT molecular complexity index is 822. The number of benzene rings is 1. The van der Waals surface area contributed by atoms with Gasteiger partial charge in [-0.2, -0.15) is 0 Å². The smallest absolute Gasteiger partial charge is 0.149 e. The molecule has 0 aliphatic rings. The Kier molecular flexibility index (Phi) is 4.28. The van der Waals surface area contributed by atoms with Crippen LogP contribution in [0.15, 0.2) is 28.8 Å². The maximum atomic E-state index is 13.9. The van der Waals surface area contributed by atoms with Crippen molar-refractivity contribution in [3.05, 3.63) is 52.8 Å². The van der Waals surface area contributed by atoms with Crippen molar-refractivity contribution in [2.24, 2.45) is 0 Å². The van der Waals surface area contributed by atoms with Crippen molar-refractivity contribution in [3.63, 3.8) is 0 Å². The van der Waals surface area contributed by atoms with Crippen LogP contribution in [0.1, 0.15) is 29.1 Å². The highest BCUT2D eigenvalue weighted by Crippen LogP contribution is 2.25. The molecule has 0 spiro atoms.